The monoisotopic (exact) mass is 350 g/mol. The molecule has 1 aromatic rings. The molecular formula is C19H30N2O2S. The molecule has 1 heterocycles. The molecule has 134 valence electrons. The van der Waals surface area contributed by atoms with Crippen LogP contribution in [0.1, 0.15) is 33.6 Å². The molecule has 0 spiro atoms. The van der Waals surface area contributed by atoms with Gasteiger partial charge in [0.1, 0.15) is 5.75 Å². The van der Waals surface area contributed by atoms with Gasteiger partial charge in [-0.1, -0.05) is 0 Å². The smallest absolute Gasteiger partial charge is 0.233 e. The zero-order valence-electron chi connectivity index (χ0n) is 15.2. The lowest BCUT2D eigenvalue weighted by molar-refractivity contribution is -0.120. The molecule has 2 rings (SSSR count). The molecule has 2 atom stereocenters. The SMILES string of the molecule is COc1ccc(SC(C)C(=O)NCC2CCCN(C(C)C)C2)cc1. The highest BCUT2D eigenvalue weighted by Gasteiger charge is 2.23. The number of hydrogen-bond acceptors (Lipinski definition) is 4. The van der Waals surface area contributed by atoms with Crippen molar-refractivity contribution in [3.05, 3.63) is 24.3 Å². The third-order valence-electron chi connectivity index (χ3n) is 4.59. The van der Waals surface area contributed by atoms with Crippen LogP contribution in [0.5, 0.6) is 5.75 Å². The zero-order chi connectivity index (χ0) is 17.5. The number of methoxy groups -OCH3 is 1. The third kappa shape index (κ3) is 5.71. The molecule has 1 aliphatic heterocycles. The molecule has 1 aliphatic rings. The van der Waals surface area contributed by atoms with Gasteiger partial charge in [0.05, 0.1) is 12.4 Å². The van der Waals surface area contributed by atoms with E-state index in [0.29, 0.717) is 12.0 Å². The van der Waals surface area contributed by atoms with Gasteiger partial charge in [0.25, 0.3) is 0 Å². The fourth-order valence-electron chi connectivity index (χ4n) is 3.03. The quantitative estimate of drug-likeness (QED) is 0.765. The number of nitrogens with zero attached hydrogens (tertiary/aromatic N) is 1. The summed E-state index contributed by atoms with van der Waals surface area (Å²) in [5.74, 6) is 1.53. The number of rotatable bonds is 7. The number of nitrogens with one attached hydrogen (secondary N) is 1. The molecule has 0 aliphatic carbocycles. The molecule has 0 radical (unpaired) electrons. The van der Waals surface area contributed by atoms with Crippen molar-refractivity contribution in [2.45, 2.75) is 49.8 Å². The molecule has 1 saturated heterocycles. The molecule has 5 heteroatoms. The summed E-state index contributed by atoms with van der Waals surface area (Å²) in [5.41, 5.74) is 0. The van der Waals surface area contributed by atoms with E-state index in [9.17, 15) is 4.79 Å². The highest BCUT2D eigenvalue weighted by molar-refractivity contribution is 8.00. The number of carbonyl (C=O) groups is 1. The Balaban J connectivity index is 1.76. The fourth-order valence-corrected chi connectivity index (χ4v) is 3.93. The number of likely N-dealkylation sites (tertiary alicyclic amines) is 1. The van der Waals surface area contributed by atoms with E-state index in [0.717, 1.165) is 23.7 Å². The largest absolute Gasteiger partial charge is 0.497 e. The minimum Gasteiger partial charge on any atom is -0.497 e. The van der Waals surface area contributed by atoms with Crippen LogP contribution in [0.25, 0.3) is 0 Å². The Hall–Kier alpha value is -1.20. The van der Waals surface area contributed by atoms with E-state index >= 15 is 0 Å². The Kier molecular flexibility index (Phi) is 7.43. The van der Waals surface area contributed by atoms with E-state index in [1.54, 1.807) is 18.9 Å². The van der Waals surface area contributed by atoms with Crippen LogP contribution in [0, 0.1) is 5.92 Å². The summed E-state index contributed by atoms with van der Waals surface area (Å²) in [6, 6.07) is 8.43. The molecule has 0 saturated carbocycles. The Morgan fingerprint density at radius 2 is 2.04 bits per heavy atom. The molecule has 0 bridgehead atoms. The van der Waals surface area contributed by atoms with E-state index in [2.05, 4.69) is 24.1 Å². The molecule has 0 aromatic heterocycles. The maximum Gasteiger partial charge on any atom is 0.233 e. The van der Waals surface area contributed by atoms with E-state index in [1.807, 2.05) is 31.2 Å². The van der Waals surface area contributed by atoms with Gasteiger partial charge in [0, 0.05) is 24.0 Å². The van der Waals surface area contributed by atoms with Crippen molar-refractivity contribution in [3.63, 3.8) is 0 Å². The summed E-state index contributed by atoms with van der Waals surface area (Å²) in [5, 5.41) is 3.05. The summed E-state index contributed by atoms with van der Waals surface area (Å²) in [6.45, 7) is 9.52. The van der Waals surface area contributed by atoms with Crippen LogP contribution in [-0.4, -0.2) is 48.8 Å². The van der Waals surface area contributed by atoms with Crippen molar-refractivity contribution < 1.29 is 9.53 Å². The molecule has 1 N–H and O–H groups in total. The predicted molar refractivity (Wildman–Crippen MR) is 101 cm³/mol. The van der Waals surface area contributed by atoms with Gasteiger partial charge in [-0.3, -0.25) is 4.79 Å². The van der Waals surface area contributed by atoms with Gasteiger partial charge in [0.2, 0.25) is 5.91 Å². The molecule has 2 unspecified atom stereocenters. The maximum absolute atomic E-state index is 12.4. The Bertz CT molecular complexity index is 519. The van der Waals surface area contributed by atoms with Crippen molar-refractivity contribution in [2.75, 3.05) is 26.7 Å². The lowest BCUT2D eigenvalue weighted by atomic mass is 9.97. The summed E-state index contributed by atoms with van der Waals surface area (Å²) in [6.07, 6.45) is 2.44. The summed E-state index contributed by atoms with van der Waals surface area (Å²) >= 11 is 1.58. The summed E-state index contributed by atoms with van der Waals surface area (Å²) in [7, 11) is 1.66. The predicted octanol–water partition coefficient (Wildman–Crippen LogP) is 3.41. The lowest BCUT2D eigenvalue weighted by Crippen LogP contribution is -2.44. The first-order chi connectivity index (χ1) is 11.5. The first kappa shape index (κ1) is 19.1. The van der Waals surface area contributed by atoms with Crippen LogP contribution < -0.4 is 10.1 Å². The molecular weight excluding hydrogens is 320 g/mol. The number of amides is 1. The number of thioether (sulfide) groups is 1. The van der Waals surface area contributed by atoms with E-state index in [4.69, 9.17) is 4.74 Å². The van der Waals surface area contributed by atoms with E-state index in [1.165, 1.54) is 19.4 Å². The third-order valence-corrected chi connectivity index (χ3v) is 5.70. The number of benzene rings is 1. The number of piperidine rings is 1. The van der Waals surface area contributed by atoms with Crippen LogP contribution in [0.15, 0.2) is 29.2 Å². The van der Waals surface area contributed by atoms with Crippen molar-refractivity contribution in [1.82, 2.24) is 10.2 Å². The average molecular weight is 351 g/mol. The van der Waals surface area contributed by atoms with Gasteiger partial charge < -0.3 is 15.0 Å². The summed E-state index contributed by atoms with van der Waals surface area (Å²) in [4.78, 5) is 16.0. The molecule has 1 aromatic carbocycles. The first-order valence-corrected chi connectivity index (χ1v) is 9.70. The Morgan fingerprint density at radius 1 is 1.33 bits per heavy atom. The Labute approximate surface area is 150 Å². The van der Waals surface area contributed by atoms with Crippen LogP contribution in [-0.2, 0) is 4.79 Å². The highest BCUT2D eigenvalue weighted by atomic mass is 32.2. The molecule has 1 fully saturated rings. The second-order valence-electron chi connectivity index (χ2n) is 6.78. The van der Waals surface area contributed by atoms with Crippen molar-refractivity contribution in [3.8, 4) is 5.75 Å². The van der Waals surface area contributed by atoms with Crippen LogP contribution in [0.3, 0.4) is 0 Å². The fraction of sp³-hybridized carbons (Fsp3) is 0.632. The zero-order valence-corrected chi connectivity index (χ0v) is 16.1. The van der Waals surface area contributed by atoms with E-state index in [-0.39, 0.29) is 11.2 Å². The van der Waals surface area contributed by atoms with Gasteiger partial charge in [-0.25, -0.2) is 0 Å². The Morgan fingerprint density at radius 3 is 2.67 bits per heavy atom. The van der Waals surface area contributed by atoms with Gasteiger partial charge in [-0.15, -0.1) is 11.8 Å². The maximum atomic E-state index is 12.4. The van der Waals surface area contributed by atoms with Crippen LogP contribution >= 0.6 is 11.8 Å². The molecule has 4 nitrogen and oxygen atoms in total. The van der Waals surface area contributed by atoms with E-state index < -0.39 is 0 Å². The van der Waals surface area contributed by atoms with Crippen molar-refractivity contribution >= 4 is 17.7 Å². The second-order valence-corrected chi connectivity index (χ2v) is 8.19. The van der Waals surface area contributed by atoms with Crippen LogP contribution in [0.2, 0.25) is 0 Å². The average Bonchev–Trinajstić information content (AvgIpc) is 2.60. The van der Waals surface area contributed by atoms with Gasteiger partial charge in [-0.05, 0) is 70.3 Å². The van der Waals surface area contributed by atoms with Gasteiger partial charge in [0.15, 0.2) is 0 Å². The highest BCUT2D eigenvalue weighted by Crippen LogP contribution is 2.25. The number of ether oxygens (including phenoxy) is 1. The summed E-state index contributed by atoms with van der Waals surface area (Å²) < 4.78 is 5.16. The minimum absolute atomic E-state index is 0.0943. The van der Waals surface area contributed by atoms with Gasteiger partial charge >= 0.3 is 0 Å². The molecule has 1 amide bonds. The lowest BCUT2D eigenvalue weighted by Gasteiger charge is -2.35. The molecule has 24 heavy (non-hydrogen) atoms. The number of hydrogen-bond donors (Lipinski definition) is 1. The number of carbonyl (C=O) groups excluding carboxylic acids is 1. The van der Waals surface area contributed by atoms with Crippen LogP contribution in [0.4, 0.5) is 0 Å². The van der Waals surface area contributed by atoms with Crippen molar-refractivity contribution in [1.29, 1.82) is 0 Å². The van der Waals surface area contributed by atoms with Gasteiger partial charge in [-0.2, -0.15) is 0 Å². The second kappa shape index (κ2) is 9.33. The standard InChI is InChI=1S/C19H30N2O2S/c1-14(2)21-11-5-6-16(13-21)12-20-19(22)15(3)24-18-9-7-17(23-4)8-10-18/h7-10,14-16H,5-6,11-13H2,1-4H3,(H,20,22). The first-order valence-electron chi connectivity index (χ1n) is 8.82. The van der Waals surface area contributed by atoms with Crippen molar-refractivity contribution in [2.24, 2.45) is 5.92 Å². The topological polar surface area (TPSA) is 41.6 Å². The minimum atomic E-state index is -0.0943. The normalized spacial score (nSPS) is 20.0.